The zero-order chi connectivity index (χ0) is 19.1. The summed E-state index contributed by atoms with van der Waals surface area (Å²) >= 11 is 0. The highest BCUT2D eigenvalue weighted by Gasteiger charge is 2.19. The summed E-state index contributed by atoms with van der Waals surface area (Å²) in [5.41, 5.74) is 1.67. The number of benzene rings is 1. The lowest BCUT2D eigenvalue weighted by atomic mass is 10.1. The minimum Gasteiger partial charge on any atom is -0.352 e. The highest BCUT2D eigenvalue weighted by atomic mass is 19.1. The fourth-order valence-corrected chi connectivity index (χ4v) is 3.20. The van der Waals surface area contributed by atoms with Gasteiger partial charge in [-0.3, -0.25) is 14.6 Å². The average Bonchev–Trinajstić information content (AvgIpc) is 2.98. The number of nitrogens with one attached hydrogen (secondary N) is 1. The van der Waals surface area contributed by atoms with Crippen molar-refractivity contribution >= 4 is 11.8 Å². The summed E-state index contributed by atoms with van der Waals surface area (Å²) in [6.45, 7) is 1.92. The number of carbonyl (C=O) groups excluding carboxylic acids is 2. The number of hydrogen-bond donors (Lipinski definition) is 1. The number of halogens is 1. The van der Waals surface area contributed by atoms with Crippen molar-refractivity contribution in [2.24, 2.45) is 0 Å². The number of nitrogens with zero attached hydrogens (tertiary/aromatic N) is 2. The highest BCUT2D eigenvalue weighted by Crippen LogP contribution is 2.13. The molecule has 142 valence electrons. The zero-order valence-electron chi connectivity index (χ0n) is 15.3. The Bertz CT molecular complexity index is 784. The molecule has 1 aromatic heterocycles. The molecular formula is C21H24FN3O2. The summed E-state index contributed by atoms with van der Waals surface area (Å²) in [4.78, 5) is 31.0. The first-order valence-corrected chi connectivity index (χ1v) is 9.41. The molecule has 0 spiro atoms. The molecule has 2 aromatic rings. The topological polar surface area (TPSA) is 62.3 Å². The molecule has 0 radical (unpaired) electrons. The molecule has 0 atom stereocenters. The first-order chi connectivity index (χ1) is 13.1. The number of carbonyl (C=O) groups is 2. The Kier molecular flexibility index (Phi) is 6.52. The van der Waals surface area contributed by atoms with Crippen LogP contribution < -0.4 is 5.32 Å². The van der Waals surface area contributed by atoms with Crippen LogP contribution in [0.2, 0.25) is 0 Å². The fraction of sp³-hybridized carbons (Fsp3) is 0.381. The molecule has 0 unspecified atom stereocenters. The molecule has 0 aliphatic carbocycles. The van der Waals surface area contributed by atoms with Gasteiger partial charge in [0.2, 0.25) is 0 Å². The molecular weight excluding hydrogens is 345 g/mol. The van der Waals surface area contributed by atoms with Gasteiger partial charge in [0, 0.05) is 31.4 Å². The van der Waals surface area contributed by atoms with Crippen LogP contribution in [-0.4, -0.2) is 41.3 Å². The SMILES string of the molecule is O=C(NCCc1ccc(F)cc1)c1ccnc(C(=O)N2CCCCCC2)c1. The number of rotatable bonds is 5. The molecule has 1 aromatic carbocycles. The lowest BCUT2D eigenvalue weighted by Gasteiger charge is -2.19. The second kappa shape index (κ2) is 9.26. The third-order valence-electron chi connectivity index (χ3n) is 4.75. The Hall–Kier alpha value is -2.76. The molecule has 1 saturated heterocycles. The maximum atomic E-state index is 12.9. The molecule has 2 heterocycles. The minimum atomic E-state index is -0.277. The van der Waals surface area contributed by atoms with E-state index in [-0.39, 0.29) is 17.6 Å². The van der Waals surface area contributed by atoms with Crippen molar-refractivity contribution in [3.63, 3.8) is 0 Å². The van der Waals surface area contributed by atoms with Gasteiger partial charge < -0.3 is 10.2 Å². The largest absolute Gasteiger partial charge is 0.352 e. The second-order valence-corrected chi connectivity index (χ2v) is 6.77. The Labute approximate surface area is 158 Å². The molecule has 5 nitrogen and oxygen atoms in total. The van der Waals surface area contributed by atoms with E-state index >= 15 is 0 Å². The molecule has 0 bridgehead atoms. The summed E-state index contributed by atoms with van der Waals surface area (Å²) in [5, 5.41) is 2.83. The van der Waals surface area contributed by atoms with E-state index in [1.807, 2.05) is 4.90 Å². The van der Waals surface area contributed by atoms with Crippen LogP contribution in [0, 0.1) is 5.82 Å². The van der Waals surface area contributed by atoms with Crippen LogP contribution >= 0.6 is 0 Å². The summed E-state index contributed by atoms with van der Waals surface area (Å²) in [6, 6.07) is 9.37. The van der Waals surface area contributed by atoms with Crippen LogP contribution in [0.5, 0.6) is 0 Å². The first-order valence-electron chi connectivity index (χ1n) is 9.41. The maximum Gasteiger partial charge on any atom is 0.272 e. The Morgan fingerprint density at radius 1 is 1.04 bits per heavy atom. The van der Waals surface area contributed by atoms with E-state index in [0.717, 1.165) is 44.3 Å². The van der Waals surface area contributed by atoms with Crippen LogP contribution in [0.15, 0.2) is 42.6 Å². The molecule has 0 saturated carbocycles. The van der Waals surface area contributed by atoms with E-state index in [1.165, 1.54) is 18.3 Å². The van der Waals surface area contributed by atoms with Gasteiger partial charge in [-0.05, 0) is 49.1 Å². The van der Waals surface area contributed by atoms with E-state index in [2.05, 4.69) is 10.3 Å². The van der Waals surface area contributed by atoms with Crippen LogP contribution in [0.4, 0.5) is 4.39 Å². The summed E-state index contributed by atoms with van der Waals surface area (Å²) in [7, 11) is 0. The molecule has 2 amide bonds. The average molecular weight is 369 g/mol. The van der Waals surface area contributed by atoms with Gasteiger partial charge in [-0.15, -0.1) is 0 Å². The van der Waals surface area contributed by atoms with Crippen molar-refractivity contribution < 1.29 is 14.0 Å². The quantitative estimate of drug-likeness (QED) is 0.880. The van der Waals surface area contributed by atoms with Gasteiger partial charge in [0.1, 0.15) is 11.5 Å². The molecule has 6 heteroatoms. The summed E-state index contributed by atoms with van der Waals surface area (Å²) in [5.74, 6) is -0.636. The van der Waals surface area contributed by atoms with Gasteiger partial charge in [-0.2, -0.15) is 0 Å². The summed E-state index contributed by atoms with van der Waals surface area (Å²) in [6.07, 6.45) is 6.42. The number of aromatic nitrogens is 1. The minimum absolute atomic E-state index is 0.113. The number of pyridine rings is 1. The molecule has 27 heavy (non-hydrogen) atoms. The van der Waals surface area contributed by atoms with E-state index in [9.17, 15) is 14.0 Å². The Morgan fingerprint density at radius 3 is 2.44 bits per heavy atom. The monoisotopic (exact) mass is 369 g/mol. The summed E-state index contributed by atoms with van der Waals surface area (Å²) < 4.78 is 12.9. The molecule has 1 N–H and O–H groups in total. The van der Waals surface area contributed by atoms with Crippen molar-refractivity contribution in [3.05, 3.63) is 65.2 Å². The Morgan fingerprint density at radius 2 is 1.74 bits per heavy atom. The lowest BCUT2D eigenvalue weighted by molar-refractivity contribution is 0.0755. The standard InChI is InChI=1S/C21H24FN3O2/c22-18-7-5-16(6-8-18)9-11-24-20(26)17-10-12-23-19(15-17)21(27)25-13-3-1-2-4-14-25/h5-8,10,12,15H,1-4,9,11,13-14H2,(H,24,26). The molecule has 3 rings (SSSR count). The molecule has 1 fully saturated rings. The van der Waals surface area contributed by atoms with Gasteiger partial charge in [0.05, 0.1) is 0 Å². The van der Waals surface area contributed by atoms with Gasteiger partial charge in [-0.1, -0.05) is 25.0 Å². The van der Waals surface area contributed by atoms with Crippen LogP contribution in [0.25, 0.3) is 0 Å². The van der Waals surface area contributed by atoms with E-state index in [0.29, 0.717) is 24.2 Å². The normalized spacial score (nSPS) is 14.5. The van der Waals surface area contributed by atoms with E-state index in [1.54, 1.807) is 24.3 Å². The first kappa shape index (κ1) is 19.0. The van der Waals surface area contributed by atoms with Gasteiger partial charge in [0.15, 0.2) is 0 Å². The van der Waals surface area contributed by atoms with Crippen LogP contribution in [-0.2, 0) is 6.42 Å². The Balaban J connectivity index is 1.57. The second-order valence-electron chi connectivity index (χ2n) is 6.77. The number of hydrogen-bond acceptors (Lipinski definition) is 3. The van der Waals surface area contributed by atoms with E-state index in [4.69, 9.17) is 0 Å². The third kappa shape index (κ3) is 5.36. The van der Waals surface area contributed by atoms with Crippen molar-refractivity contribution in [2.45, 2.75) is 32.1 Å². The van der Waals surface area contributed by atoms with Crippen LogP contribution in [0.1, 0.15) is 52.1 Å². The van der Waals surface area contributed by atoms with Gasteiger partial charge in [-0.25, -0.2) is 4.39 Å². The number of likely N-dealkylation sites (tertiary alicyclic amines) is 1. The predicted molar refractivity (Wildman–Crippen MR) is 101 cm³/mol. The highest BCUT2D eigenvalue weighted by molar-refractivity contribution is 5.98. The van der Waals surface area contributed by atoms with Crippen LogP contribution in [0.3, 0.4) is 0 Å². The lowest BCUT2D eigenvalue weighted by Crippen LogP contribution is -2.33. The zero-order valence-corrected chi connectivity index (χ0v) is 15.3. The maximum absolute atomic E-state index is 12.9. The predicted octanol–water partition coefficient (Wildman–Crippen LogP) is 3.21. The molecule has 1 aliphatic rings. The van der Waals surface area contributed by atoms with E-state index < -0.39 is 0 Å². The smallest absolute Gasteiger partial charge is 0.272 e. The van der Waals surface area contributed by atoms with Gasteiger partial charge in [0.25, 0.3) is 11.8 Å². The van der Waals surface area contributed by atoms with Crippen molar-refractivity contribution in [1.29, 1.82) is 0 Å². The fourth-order valence-electron chi connectivity index (χ4n) is 3.20. The third-order valence-corrected chi connectivity index (χ3v) is 4.75. The van der Waals surface area contributed by atoms with Crippen molar-refractivity contribution in [3.8, 4) is 0 Å². The molecule has 1 aliphatic heterocycles. The van der Waals surface area contributed by atoms with Crippen molar-refractivity contribution in [2.75, 3.05) is 19.6 Å². The van der Waals surface area contributed by atoms with Crippen molar-refractivity contribution in [1.82, 2.24) is 15.2 Å². The number of amides is 2. The van der Waals surface area contributed by atoms with Gasteiger partial charge >= 0.3 is 0 Å².